The number of nitrogens with zero attached hydrogens (tertiary/aromatic N) is 1. The van der Waals surface area contributed by atoms with Crippen molar-refractivity contribution in [2.75, 3.05) is 0 Å². The third-order valence-electron chi connectivity index (χ3n) is 4.06. The minimum atomic E-state index is -2.99. The molecule has 130 valence electrons. The van der Waals surface area contributed by atoms with E-state index in [2.05, 4.69) is 4.99 Å². The van der Waals surface area contributed by atoms with Crippen molar-refractivity contribution in [1.82, 2.24) is 0 Å². The highest BCUT2D eigenvalue weighted by molar-refractivity contribution is 6.71. The minimum absolute atomic E-state index is 0.0363. The van der Waals surface area contributed by atoms with Gasteiger partial charge < -0.3 is 9.90 Å². The van der Waals surface area contributed by atoms with Gasteiger partial charge in [-0.1, -0.05) is 27.2 Å². The maximum Gasteiger partial charge on any atom is 0.261 e. The number of allylic oxidation sites excluding steroid dienone is 1. The molecule has 1 rings (SSSR count). The largest absolute Gasteiger partial charge is 0.549 e. The summed E-state index contributed by atoms with van der Waals surface area (Å²) in [6.07, 6.45) is -1.98. The molecule has 2 unspecified atom stereocenters. The fourth-order valence-electron chi connectivity index (χ4n) is 2.91. The van der Waals surface area contributed by atoms with E-state index in [0.29, 0.717) is 6.42 Å². The van der Waals surface area contributed by atoms with E-state index in [1.165, 1.54) is 0 Å². The average Bonchev–Trinajstić information content (AvgIpc) is 2.40. The van der Waals surface area contributed by atoms with Crippen LogP contribution in [0.3, 0.4) is 0 Å². The Hall–Kier alpha value is -1.30. The summed E-state index contributed by atoms with van der Waals surface area (Å²) in [5, 5.41) is 10.8. The van der Waals surface area contributed by atoms with Crippen molar-refractivity contribution in [1.29, 1.82) is 0 Å². The van der Waals surface area contributed by atoms with Gasteiger partial charge in [-0.2, -0.15) is 0 Å². The van der Waals surface area contributed by atoms with Crippen LogP contribution >= 0.6 is 11.6 Å². The molecule has 23 heavy (non-hydrogen) atoms. The van der Waals surface area contributed by atoms with E-state index in [1.54, 1.807) is 0 Å². The summed E-state index contributed by atoms with van der Waals surface area (Å²) >= 11 is 5.65. The summed E-state index contributed by atoms with van der Waals surface area (Å²) in [5.41, 5.74) is -1.84. The Morgan fingerprint density at radius 1 is 1.39 bits per heavy atom. The van der Waals surface area contributed by atoms with Crippen molar-refractivity contribution in [2.24, 2.45) is 16.3 Å². The van der Waals surface area contributed by atoms with Gasteiger partial charge in [-0.05, 0) is 42.9 Å². The molecule has 7 heteroatoms. The second kappa shape index (κ2) is 7.51. The number of rotatable bonds is 7. The Balaban J connectivity index is 3.70. The zero-order valence-electron chi connectivity index (χ0n) is 13.7. The van der Waals surface area contributed by atoms with Crippen LogP contribution < -0.4 is 5.11 Å². The Bertz CT molecular complexity index is 558. The van der Waals surface area contributed by atoms with Crippen LogP contribution in [-0.2, 0) is 9.59 Å². The summed E-state index contributed by atoms with van der Waals surface area (Å²) in [7, 11) is 0. The first-order chi connectivity index (χ1) is 10.6. The van der Waals surface area contributed by atoms with Crippen LogP contribution in [-0.4, -0.2) is 29.4 Å². The molecule has 0 radical (unpaired) electrons. The fraction of sp³-hybridized carbons (Fsp3) is 0.688. The molecule has 1 aliphatic rings. The molecule has 0 bridgehead atoms. The number of hydrogen-bond acceptors (Lipinski definition) is 4. The fourth-order valence-corrected chi connectivity index (χ4v) is 3.13. The first-order valence-corrected chi connectivity index (χ1v) is 7.95. The zero-order valence-corrected chi connectivity index (χ0v) is 14.4. The Morgan fingerprint density at radius 2 is 1.96 bits per heavy atom. The number of carbonyl (C=O) groups is 2. The highest BCUT2D eigenvalue weighted by Crippen LogP contribution is 2.45. The van der Waals surface area contributed by atoms with Gasteiger partial charge in [0.1, 0.15) is 6.04 Å². The van der Waals surface area contributed by atoms with Crippen LogP contribution in [0.15, 0.2) is 16.1 Å². The molecule has 0 aromatic heterocycles. The molecule has 1 aliphatic heterocycles. The smallest absolute Gasteiger partial charge is 0.261 e. The van der Waals surface area contributed by atoms with Crippen molar-refractivity contribution in [3.63, 3.8) is 0 Å². The molecule has 0 aromatic carbocycles. The van der Waals surface area contributed by atoms with E-state index in [4.69, 9.17) is 11.6 Å². The Kier molecular flexibility index (Phi) is 6.45. The van der Waals surface area contributed by atoms with Crippen molar-refractivity contribution in [3.8, 4) is 0 Å². The van der Waals surface area contributed by atoms with E-state index in [-0.39, 0.29) is 35.6 Å². The van der Waals surface area contributed by atoms with Gasteiger partial charge in [0.15, 0.2) is 0 Å². The summed E-state index contributed by atoms with van der Waals surface area (Å²) in [5.74, 6) is -1.72. The lowest BCUT2D eigenvalue weighted by molar-refractivity contribution is -0.318. The van der Waals surface area contributed by atoms with E-state index in [9.17, 15) is 23.5 Å². The molecule has 2 atom stereocenters. The molecule has 0 spiro atoms. The van der Waals surface area contributed by atoms with Crippen LogP contribution in [0.5, 0.6) is 0 Å². The molecule has 0 saturated carbocycles. The number of halogens is 3. The van der Waals surface area contributed by atoms with Crippen LogP contribution in [0.4, 0.5) is 8.78 Å². The predicted molar refractivity (Wildman–Crippen MR) is 82.6 cm³/mol. The molecule has 4 nitrogen and oxygen atoms in total. The molecule has 1 heterocycles. The van der Waals surface area contributed by atoms with E-state index < -0.39 is 29.1 Å². The molecule has 0 N–H and O–H groups in total. The number of aliphatic carboxylic acids is 1. The number of carboxylic acid groups (broad SMARTS) is 1. The second-order valence-electron chi connectivity index (χ2n) is 6.32. The van der Waals surface area contributed by atoms with Gasteiger partial charge in [-0.25, -0.2) is 8.78 Å². The van der Waals surface area contributed by atoms with E-state index >= 15 is 0 Å². The minimum Gasteiger partial charge on any atom is -0.549 e. The normalized spacial score (nSPS) is 25.1. The van der Waals surface area contributed by atoms with Crippen molar-refractivity contribution in [3.05, 3.63) is 11.1 Å². The van der Waals surface area contributed by atoms with Gasteiger partial charge >= 0.3 is 0 Å². The highest BCUT2D eigenvalue weighted by atomic mass is 35.5. The SMILES string of the molecule is CCCC1=NC(C(F)F)C(C)(C(=O)[O-])C(CC(C)C)=C1C(=O)Cl. The number of alkyl halides is 2. The summed E-state index contributed by atoms with van der Waals surface area (Å²) in [6, 6.07) is -1.79. The summed E-state index contributed by atoms with van der Waals surface area (Å²) in [6.45, 7) is 6.57. The lowest BCUT2D eigenvalue weighted by Gasteiger charge is -2.43. The van der Waals surface area contributed by atoms with Crippen LogP contribution in [0.2, 0.25) is 0 Å². The lowest BCUT2D eigenvalue weighted by Crippen LogP contribution is -2.54. The molecule has 0 amide bonds. The monoisotopic (exact) mass is 348 g/mol. The van der Waals surface area contributed by atoms with Gasteiger partial charge in [0.05, 0.1) is 17.0 Å². The topological polar surface area (TPSA) is 69.6 Å². The summed E-state index contributed by atoms with van der Waals surface area (Å²) in [4.78, 5) is 27.5. The number of carbonyl (C=O) groups excluding carboxylic acids is 2. The first kappa shape index (κ1) is 19.7. The van der Waals surface area contributed by atoms with Gasteiger partial charge in [-0.15, -0.1) is 0 Å². The maximum absolute atomic E-state index is 13.5. The van der Waals surface area contributed by atoms with Gasteiger partial charge in [-0.3, -0.25) is 9.79 Å². The summed E-state index contributed by atoms with van der Waals surface area (Å²) < 4.78 is 27.0. The standard InChI is InChI=1S/C16H22ClF2NO3/c1-5-6-10-11(13(17)21)9(7-8(2)3)16(4,15(22)23)12(20-10)14(18)19/h8,12,14H,5-7H2,1-4H3,(H,22,23)/p-1. The average molecular weight is 349 g/mol. The quantitative estimate of drug-likeness (QED) is 0.664. The molecule has 0 fully saturated rings. The van der Waals surface area contributed by atoms with Crippen LogP contribution in [0.25, 0.3) is 0 Å². The van der Waals surface area contributed by atoms with E-state index in [1.807, 2.05) is 20.8 Å². The molecule has 0 aliphatic carbocycles. The zero-order chi connectivity index (χ0) is 17.9. The molecule has 0 saturated heterocycles. The number of dihydropyridines is 1. The van der Waals surface area contributed by atoms with Crippen molar-refractivity contribution >= 4 is 28.5 Å². The number of carboxylic acids is 1. The molecular formula is C16H21ClF2NO3-. The Morgan fingerprint density at radius 3 is 2.30 bits per heavy atom. The van der Waals surface area contributed by atoms with Crippen molar-refractivity contribution < 1.29 is 23.5 Å². The number of aliphatic imine (C=N–C) groups is 1. The molecular weight excluding hydrogens is 328 g/mol. The Labute approximate surface area is 139 Å². The number of hydrogen-bond donors (Lipinski definition) is 0. The van der Waals surface area contributed by atoms with E-state index in [0.717, 1.165) is 6.92 Å². The third-order valence-corrected chi connectivity index (χ3v) is 4.25. The lowest BCUT2D eigenvalue weighted by atomic mass is 9.68. The predicted octanol–water partition coefficient (Wildman–Crippen LogP) is 2.74. The highest BCUT2D eigenvalue weighted by Gasteiger charge is 2.49. The van der Waals surface area contributed by atoms with Crippen LogP contribution in [0.1, 0.15) is 47.0 Å². The van der Waals surface area contributed by atoms with Gasteiger partial charge in [0.2, 0.25) is 0 Å². The molecule has 0 aromatic rings. The van der Waals surface area contributed by atoms with Gasteiger partial charge in [0, 0.05) is 5.71 Å². The second-order valence-corrected chi connectivity index (χ2v) is 6.66. The maximum atomic E-state index is 13.5. The third kappa shape index (κ3) is 3.79. The van der Waals surface area contributed by atoms with Crippen molar-refractivity contribution in [2.45, 2.75) is 59.4 Å². The van der Waals surface area contributed by atoms with Gasteiger partial charge in [0.25, 0.3) is 11.7 Å². The van der Waals surface area contributed by atoms with Crippen LogP contribution in [0, 0.1) is 11.3 Å². The first-order valence-electron chi connectivity index (χ1n) is 7.57.